The number of nitrogens with zero attached hydrogens (tertiary/aromatic N) is 3. The molecule has 16 heavy (non-hydrogen) atoms. The summed E-state index contributed by atoms with van der Waals surface area (Å²) in [5, 5.41) is 5.32. The first-order chi connectivity index (χ1) is 7.61. The summed E-state index contributed by atoms with van der Waals surface area (Å²) in [4.78, 5) is 3.90. The average molecular weight is 225 g/mol. The summed E-state index contributed by atoms with van der Waals surface area (Å²) < 4.78 is 26.5. The van der Waals surface area contributed by atoms with Crippen molar-refractivity contribution >= 4 is 12.1 Å². The Morgan fingerprint density at radius 3 is 2.62 bits per heavy atom. The fraction of sp³-hybridized carbons (Fsp3) is 0.273. The van der Waals surface area contributed by atoms with Gasteiger partial charge in [0, 0.05) is 20.3 Å². The van der Waals surface area contributed by atoms with Crippen LogP contribution in [0.4, 0.5) is 8.78 Å². The Hall–Kier alpha value is -1.78. The van der Waals surface area contributed by atoms with E-state index < -0.39 is 11.6 Å². The van der Waals surface area contributed by atoms with E-state index >= 15 is 0 Å². The predicted molar refractivity (Wildman–Crippen MR) is 60.7 cm³/mol. The van der Waals surface area contributed by atoms with E-state index in [0.717, 1.165) is 6.07 Å². The second-order valence-electron chi connectivity index (χ2n) is 3.05. The van der Waals surface area contributed by atoms with Crippen LogP contribution in [0.2, 0.25) is 0 Å². The molecule has 0 aliphatic heterocycles. The third-order valence-corrected chi connectivity index (χ3v) is 2.00. The van der Waals surface area contributed by atoms with E-state index in [1.54, 1.807) is 20.2 Å². The summed E-state index contributed by atoms with van der Waals surface area (Å²) in [6.07, 6.45) is 1.54. The van der Waals surface area contributed by atoms with Crippen molar-refractivity contribution in [2.75, 3.05) is 14.1 Å². The van der Waals surface area contributed by atoms with Gasteiger partial charge in [0.25, 0.3) is 0 Å². The number of hydrazone groups is 1. The minimum Gasteiger partial charge on any atom is -0.270 e. The van der Waals surface area contributed by atoms with Gasteiger partial charge in [0.1, 0.15) is 0 Å². The molecule has 0 saturated heterocycles. The Morgan fingerprint density at radius 1 is 1.38 bits per heavy atom. The van der Waals surface area contributed by atoms with E-state index in [1.165, 1.54) is 24.2 Å². The molecule has 0 aliphatic carbocycles. The molecule has 0 radical (unpaired) electrons. The molecule has 0 unspecified atom stereocenters. The van der Waals surface area contributed by atoms with Crippen LogP contribution in [-0.2, 0) is 0 Å². The quantitative estimate of drug-likeness (QED) is 0.431. The Kier molecular flexibility index (Phi) is 4.10. The highest BCUT2D eigenvalue weighted by Crippen LogP contribution is 2.14. The minimum absolute atomic E-state index is 0.0931. The van der Waals surface area contributed by atoms with Gasteiger partial charge in [-0.3, -0.25) is 10.0 Å². The molecule has 3 nitrogen and oxygen atoms in total. The smallest absolute Gasteiger partial charge is 0.169 e. The van der Waals surface area contributed by atoms with Crippen molar-refractivity contribution in [1.29, 1.82) is 0 Å². The Labute approximate surface area is 93.1 Å². The van der Waals surface area contributed by atoms with Gasteiger partial charge >= 0.3 is 0 Å². The molecule has 0 heterocycles. The van der Waals surface area contributed by atoms with Gasteiger partial charge in [-0.25, -0.2) is 8.78 Å². The number of benzene rings is 1. The van der Waals surface area contributed by atoms with Crippen LogP contribution in [0.15, 0.2) is 28.3 Å². The molecule has 0 fully saturated rings. The van der Waals surface area contributed by atoms with Crippen LogP contribution in [0.1, 0.15) is 12.5 Å². The minimum atomic E-state index is -0.916. The van der Waals surface area contributed by atoms with E-state index in [9.17, 15) is 8.78 Å². The summed E-state index contributed by atoms with van der Waals surface area (Å²) >= 11 is 0. The Bertz CT molecular complexity index is 427. The highest BCUT2D eigenvalue weighted by atomic mass is 19.2. The fourth-order valence-corrected chi connectivity index (χ4v) is 1.34. The second-order valence-corrected chi connectivity index (χ2v) is 3.05. The molecular weight excluding hydrogens is 212 g/mol. The molecule has 1 aromatic rings. The maximum absolute atomic E-state index is 13.5. The zero-order chi connectivity index (χ0) is 12.1. The maximum Gasteiger partial charge on any atom is 0.169 e. The highest BCUT2D eigenvalue weighted by molar-refractivity contribution is 5.98. The first kappa shape index (κ1) is 12.3. The third kappa shape index (κ3) is 2.42. The number of hydrogen-bond donors (Lipinski definition) is 0. The zero-order valence-corrected chi connectivity index (χ0v) is 9.41. The zero-order valence-electron chi connectivity index (χ0n) is 9.41. The lowest BCUT2D eigenvalue weighted by Gasteiger charge is -2.15. The Balaban J connectivity index is 3.20. The first-order valence-electron chi connectivity index (χ1n) is 4.75. The molecule has 0 N–H and O–H groups in total. The van der Waals surface area contributed by atoms with Gasteiger partial charge in [-0.15, -0.1) is 0 Å². The molecule has 0 atom stereocenters. The van der Waals surface area contributed by atoms with Crippen LogP contribution >= 0.6 is 0 Å². The Morgan fingerprint density at radius 2 is 2.06 bits per heavy atom. The van der Waals surface area contributed by atoms with Crippen LogP contribution in [0.5, 0.6) is 0 Å². The van der Waals surface area contributed by atoms with Crippen LogP contribution in [0, 0.1) is 11.6 Å². The molecule has 0 amide bonds. The maximum atomic E-state index is 13.5. The molecule has 1 aromatic carbocycles. The topological polar surface area (TPSA) is 28.0 Å². The molecular formula is C11H13F2N3. The normalized spacial score (nSPS) is 12.2. The van der Waals surface area contributed by atoms with Gasteiger partial charge in [0.2, 0.25) is 0 Å². The summed E-state index contributed by atoms with van der Waals surface area (Å²) in [5.74, 6) is -1.54. The van der Waals surface area contributed by atoms with Gasteiger partial charge in [-0.2, -0.15) is 5.10 Å². The molecule has 0 saturated carbocycles. The van der Waals surface area contributed by atoms with Gasteiger partial charge in [-0.1, -0.05) is 6.07 Å². The van der Waals surface area contributed by atoms with E-state index in [4.69, 9.17) is 0 Å². The van der Waals surface area contributed by atoms with Crippen LogP contribution in [0.25, 0.3) is 0 Å². The molecule has 0 aromatic heterocycles. The number of halogens is 2. The summed E-state index contributed by atoms with van der Waals surface area (Å²) in [5.41, 5.74) is 0.0931. The number of rotatable bonds is 2. The van der Waals surface area contributed by atoms with E-state index in [0.29, 0.717) is 0 Å². The van der Waals surface area contributed by atoms with Crippen molar-refractivity contribution in [2.24, 2.45) is 10.1 Å². The van der Waals surface area contributed by atoms with Crippen LogP contribution in [0.3, 0.4) is 0 Å². The fourth-order valence-electron chi connectivity index (χ4n) is 1.34. The van der Waals surface area contributed by atoms with Crippen molar-refractivity contribution in [3.63, 3.8) is 0 Å². The summed E-state index contributed by atoms with van der Waals surface area (Å²) in [6, 6.07) is 3.96. The first-order valence-corrected chi connectivity index (χ1v) is 4.75. The van der Waals surface area contributed by atoms with Crippen LogP contribution < -0.4 is 0 Å². The van der Waals surface area contributed by atoms with E-state index in [-0.39, 0.29) is 11.4 Å². The SMILES string of the molecule is C/C=N\N(C)C(=NC)c1cccc(F)c1F. The highest BCUT2D eigenvalue weighted by Gasteiger charge is 2.15. The van der Waals surface area contributed by atoms with Gasteiger partial charge in [0.05, 0.1) is 5.56 Å². The molecule has 1 rings (SSSR count). The second kappa shape index (κ2) is 5.34. The van der Waals surface area contributed by atoms with E-state index in [1.807, 2.05) is 0 Å². The van der Waals surface area contributed by atoms with Crippen molar-refractivity contribution in [3.05, 3.63) is 35.4 Å². The average Bonchev–Trinajstić information content (AvgIpc) is 2.25. The lowest BCUT2D eigenvalue weighted by molar-refractivity contribution is 0.497. The lowest BCUT2D eigenvalue weighted by Crippen LogP contribution is -2.23. The number of hydrogen-bond acceptors (Lipinski definition) is 2. The molecule has 86 valence electrons. The van der Waals surface area contributed by atoms with Crippen LogP contribution in [-0.4, -0.2) is 31.2 Å². The van der Waals surface area contributed by atoms with Crippen molar-refractivity contribution < 1.29 is 8.78 Å². The van der Waals surface area contributed by atoms with Gasteiger partial charge in [-0.05, 0) is 19.1 Å². The van der Waals surface area contributed by atoms with Crippen molar-refractivity contribution in [2.45, 2.75) is 6.92 Å². The lowest BCUT2D eigenvalue weighted by atomic mass is 10.2. The summed E-state index contributed by atoms with van der Waals surface area (Å²) in [6.45, 7) is 1.73. The van der Waals surface area contributed by atoms with Gasteiger partial charge in [0.15, 0.2) is 17.5 Å². The molecule has 0 aliphatic rings. The van der Waals surface area contributed by atoms with Gasteiger partial charge < -0.3 is 0 Å². The largest absolute Gasteiger partial charge is 0.270 e. The monoisotopic (exact) mass is 225 g/mol. The third-order valence-electron chi connectivity index (χ3n) is 2.00. The molecule has 5 heteroatoms. The summed E-state index contributed by atoms with van der Waals surface area (Å²) in [7, 11) is 3.12. The van der Waals surface area contributed by atoms with Crippen molar-refractivity contribution in [1.82, 2.24) is 5.01 Å². The standard InChI is InChI=1S/C11H13F2N3/c1-4-15-16(3)11(14-2)8-6-5-7-9(12)10(8)13/h4-7H,1-3H3/b14-11?,15-4-. The van der Waals surface area contributed by atoms with E-state index in [2.05, 4.69) is 10.1 Å². The predicted octanol–water partition coefficient (Wildman–Crippen LogP) is 2.28. The number of aliphatic imine (C=N–C) groups is 1. The molecule has 0 bridgehead atoms. The van der Waals surface area contributed by atoms with Crippen molar-refractivity contribution in [3.8, 4) is 0 Å². The number of amidine groups is 1. The molecule has 0 spiro atoms.